The first kappa shape index (κ1) is 11.9. The standard InChI is InChI=1S/C15H11NO2/c1-10-6-7-11(15(17)18)8-14(10)13-5-3-2-4-12(13)9-16/h2-8H,1H3,(H,17,18). The lowest BCUT2D eigenvalue weighted by Gasteiger charge is -2.08. The van der Waals surface area contributed by atoms with Crippen LogP contribution in [-0.4, -0.2) is 11.1 Å². The maximum atomic E-state index is 11.0. The average Bonchev–Trinajstić information content (AvgIpc) is 2.39. The van der Waals surface area contributed by atoms with Crippen molar-refractivity contribution in [2.24, 2.45) is 0 Å². The molecule has 0 saturated heterocycles. The number of nitrogens with zero attached hydrogens (tertiary/aromatic N) is 1. The van der Waals surface area contributed by atoms with Crippen molar-refractivity contribution in [3.05, 3.63) is 59.2 Å². The Morgan fingerprint density at radius 3 is 2.56 bits per heavy atom. The van der Waals surface area contributed by atoms with Crippen LogP contribution >= 0.6 is 0 Å². The van der Waals surface area contributed by atoms with Crippen molar-refractivity contribution in [1.29, 1.82) is 5.26 Å². The van der Waals surface area contributed by atoms with Crippen molar-refractivity contribution in [3.63, 3.8) is 0 Å². The summed E-state index contributed by atoms with van der Waals surface area (Å²) in [6.07, 6.45) is 0. The summed E-state index contributed by atoms with van der Waals surface area (Å²) in [5.41, 5.74) is 3.27. The monoisotopic (exact) mass is 237 g/mol. The average molecular weight is 237 g/mol. The highest BCUT2D eigenvalue weighted by Crippen LogP contribution is 2.27. The third-order valence-electron chi connectivity index (χ3n) is 2.82. The zero-order valence-electron chi connectivity index (χ0n) is 9.84. The van der Waals surface area contributed by atoms with Gasteiger partial charge in [0.2, 0.25) is 0 Å². The molecule has 88 valence electrons. The van der Waals surface area contributed by atoms with E-state index in [0.717, 1.165) is 16.7 Å². The fourth-order valence-corrected chi connectivity index (χ4v) is 1.86. The van der Waals surface area contributed by atoms with Crippen molar-refractivity contribution in [3.8, 4) is 17.2 Å². The zero-order valence-corrected chi connectivity index (χ0v) is 9.84. The van der Waals surface area contributed by atoms with Crippen LogP contribution in [0.15, 0.2) is 42.5 Å². The van der Waals surface area contributed by atoms with Gasteiger partial charge in [-0.05, 0) is 41.8 Å². The Hall–Kier alpha value is -2.60. The number of aromatic carboxylic acids is 1. The van der Waals surface area contributed by atoms with E-state index in [1.165, 1.54) is 0 Å². The molecule has 0 bridgehead atoms. The highest BCUT2D eigenvalue weighted by Gasteiger charge is 2.10. The smallest absolute Gasteiger partial charge is 0.335 e. The molecule has 0 aliphatic rings. The van der Waals surface area contributed by atoms with Crippen molar-refractivity contribution in [2.45, 2.75) is 6.92 Å². The molecule has 0 atom stereocenters. The normalized spacial score (nSPS) is 9.78. The number of carbonyl (C=O) groups is 1. The summed E-state index contributed by atoms with van der Waals surface area (Å²) in [5.74, 6) is -0.967. The SMILES string of the molecule is Cc1ccc(C(=O)O)cc1-c1ccccc1C#N. The molecule has 0 aliphatic heterocycles. The van der Waals surface area contributed by atoms with Crippen LogP contribution in [0.25, 0.3) is 11.1 Å². The second kappa shape index (κ2) is 4.72. The van der Waals surface area contributed by atoms with E-state index in [9.17, 15) is 4.79 Å². The molecule has 0 unspecified atom stereocenters. The van der Waals surface area contributed by atoms with Crippen molar-refractivity contribution in [1.82, 2.24) is 0 Å². The van der Waals surface area contributed by atoms with E-state index in [4.69, 9.17) is 10.4 Å². The van der Waals surface area contributed by atoms with Gasteiger partial charge in [-0.1, -0.05) is 24.3 Å². The molecule has 0 spiro atoms. The number of hydrogen-bond donors (Lipinski definition) is 1. The minimum absolute atomic E-state index is 0.225. The molecule has 3 nitrogen and oxygen atoms in total. The molecule has 2 aromatic rings. The van der Waals surface area contributed by atoms with Crippen molar-refractivity contribution < 1.29 is 9.90 Å². The Kier molecular flexibility index (Phi) is 3.11. The highest BCUT2D eigenvalue weighted by molar-refractivity contribution is 5.90. The number of benzene rings is 2. The van der Waals surface area contributed by atoms with Crippen molar-refractivity contribution >= 4 is 5.97 Å². The van der Waals surface area contributed by atoms with E-state index in [0.29, 0.717) is 5.56 Å². The molecular weight excluding hydrogens is 226 g/mol. The molecule has 2 rings (SSSR count). The Labute approximate surface area is 105 Å². The third kappa shape index (κ3) is 2.09. The third-order valence-corrected chi connectivity index (χ3v) is 2.82. The minimum Gasteiger partial charge on any atom is -0.478 e. The van der Waals surface area contributed by atoms with Gasteiger partial charge in [0.05, 0.1) is 17.2 Å². The van der Waals surface area contributed by atoms with Crippen LogP contribution in [0.5, 0.6) is 0 Å². The molecular formula is C15H11NO2. The highest BCUT2D eigenvalue weighted by atomic mass is 16.4. The van der Waals surface area contributed by atoms with Gasteiger partial charge in [-0.15, -0.1) is 0 Å². The van der Waals surface area contributed by atoms with Gasteiger partial charge < -0.3 is 5.11 Å². The second-order valence-corrected chi connectivity index (χ2v) is 3.99. The molecule has 0 aliphatic carbocycles. The Morgan fingerprint density at radius 1 is 1.17 bits per heavy atom. The number of carboxylic acids is 1. The summed E-state index contributed by atoms with van der Waals surface area (Å²) < 4.78 is 0. The second-order valence-electron chi connectivity index (χ2n) is 3.99. The summed E-state index contributed by atoms with van der Waals surface area (Å²) in [6.45, 7) is 1.90. The minimum atomic E-state index is -0.967. The molecule has 3 heteroatoms. The summed E-state index contributed by atoms with van der Waals surface area (Å²) in [7, 11) is 0. The lowest BCUT2D eigenvalue weighted by atomic mass is 9.95. The summed E-state index contributed by atoms with van der Waals surface area (Å²) in [5, 5.41) is 18.1. The molecule has 0 aromatic heterocycles. The summed E-state index contributed by atoms with van der Waals surface area (Å²) in [4.78, 5) is 11.0. The Morgan fingerprint density at radius 2 is 1.89 bits per heavy atom. The number of aryl methyl sites for hydroxylation is 1. The number of carboxylic acid groups (broad SMARTS) is 1. The van der Waals surface area contributed by atoms with E-state index in [2.05, 4.69) is 6.07 Å². The van der Waals surface area contributed by atoms with E-state index >= 15 is 0 Å². The predicted molar refractivity (Wildman–Crippen MR) is 68.3 cm³/mol. The van der Waals surface area contributed by atoms with Gasteiger partial charge in [-0.25, -0.2) is 4.79 Å². The molecule has 0 fully saturated rings. The molecule has 18 heavy (non-hydrogen) atoms. The summed E-state index contributed by atoms with van der Waals surface area (Å²) in [6, 6.07) is 14.2. The quantitative estimate of drug-likeness (QED) is 0.872. The van der Waals surface area contributed by atoms with Crippen LogP contribution < -0.4 is 0 Å². The number of rotatable bonds is 2. The summed E-state index contributed by atoms with van der Waals surface area (Å²) >= 11 is 0. The van der Waals surface area contributed by atoms with E-state index < -0.39 is 5.97 Å². The maximum absolute atomic E-state index is 11.0. The molecule has 0 radical (unpaired) electrons. The van der Waals surface area contributed by atoms with Gasteiger partial charge in [-0.2, -0.15) is 5.26 Å². The van der Waals surface area contributed by atoms with Gasteiger partial charge >= 0.3 is 5.97 Å². The molecule has 0 saturated carbocycles. The van der Waals surface area contributed by atoms with Gasteiger partial charge in [-0.3, -0.25) is 0 Å². The fraction of sp³-hybridized carbons (Fsp3) is 0.0667. The van der Waals surface area contributed by atoms with Crippen LogP contribution in [0.3, 0.4) is 0 Å². The van der Waals surface area contributed by atoms with E-state index in [1.54, 1.807) is 30.3 Å². The first-order valence-electron chi connectivity index (χ1n) is 5.47. The van der Waals surface area contributed by atoms with Crippen LogP contribution in [-0.2, 0) is 0 Å². The van der Waals surface area contributed by atoms with Gasteiger partial charge in [0.1, 0.15) is 0 Å². The fourth-order valence-electron chi connectivity index (χ4n) is 1.86. The topological polar surface area (TPSA) is 61.1 Å². The van der Waals surface area contributed by atoms with Crippen LogP contribution in [0.1, 0.15) is 21.5 Å². The Balaban J connectivity index is 2.67. The lowest BCUT2D eigenvalue weighted by Crippen LogP contribution is -1.98. The lowest BCUT2D eigenvalue weighted by molar-refractivity contribution is 0.0697. The van der Waals surface area contributed by atoms with Gasteiger partial charge in [0, 0.05) is 0 Å². The van der Waals surface area contributed by atoms with E-state index in [1.807, 2.05) is 19.1 Å². The molecule has 2 aromatic carbocycles. The predicted octanol–water partition coefficient (Wildman–Crippen LogP) is 3.23. The van der Waals surface area contributed by atoms with Crippen LogP contribution in [0, 0.1) is 18.3 Å². The maximum Gasteiger partial charge on any atom is 0.335 e. The van der Waals surface area contributed by atoms with E-state index in [-0.39, 0.29) is 5.56 Å². The molecule has 0 heterocycles. The van der Waals surface area contributed by atoms with Crippen molar-refractivity contribution in [2.75, 3.05) is 0 Å². The molecule has 0 amide bonds. The van der Waals surface area contributed by atoms with Crippen LogP contribution in [0.2, 0.25) is 0 Å². The molecule has 1 N–H and O–H groups in total. The largest absolute Gasteiger partial charge is 0.478 e. The first-order valence-corrected chi connectivity index (χ1v) is 5.47. The number of hydrogen-bond acceptors (Lipinski definition) is 2. The number of nitriles is 1. The van der Waals surface area contributed by atoms with Gasteiger partial charge in [0.25, 0.3) is 0 Å². The zero-order chi connectivity index (χ0) is 13.1. The van der Waals surface area contributed by atoms with Gasteiger partial charge in [0.15, 0.2) is 0 Å². The Bertz CT molecular complexity index is 654. The first-order chi connectivity index (χ1) is 8.63. The van der Waals surface area contributed by atoms with Crippen LogP contribution in [0.4, 0.5) is 0 Å².